The Bertz CT molecular complexity index is 515. The maximum Gasteiger partial charge on any atom is 0.234 e. The molecule has 3 nitrogen and oxygen atoms in total. The van der Waals surface area contributed by atoms with Gasteiger partial charge >= 0.3 is 0 Å². The molecule has 1 aliphatic carbocycles. The number of hydrogen-bond donors (Lipinski definition) is 1. The zero-order valence-corrected chi connectivity index (χ0v) is 12.2. The average molecular weight is 299 g/mol. The van der Waals surface area contributed by atoms with E-state index in [4.69, 9.17) is 5.73 Å². The number of anilines is 1. The largest absolute Gasteiger partial charge is 0.329 e. The van der Waals surface area contributed by atoms with Crippen LogP contribution in [0.2, 0.25) is 0 Å². The van der Waals surface area contributed by atoms with Gasteiger partial charge in [0.25, 0.3) is 0 Å². The van der Waals surface area contributed by atoms with Crippen LogP contribution in [-0.2, 0) is 11.2 Å². The van der Waals surface area contributed by atoms with E-state index in [2.05, 4.69) is 0 Å². The van der Waals surface area contributed by atoms with Gasteiger partial charge in [0.1, 0.15) is 5.82 Å². The summed E-state index contributed by atoms with van der Waals surface area (Å²) < 4.78 is 13.4. The molecule has 5 heteroatoms. The molecule has 110 valence electrons. The van der Waals surface area contributed by atoms with Crippen LogP contribution in [0.4, 0.5) is 10.1 Å². The van der Waals surface area contributed by atoms with E-state index in [1.807, 2.05) is 0 Å². The molecule has 3 rings (SSSR count). The molecule has 0 spiro atoms. The van der Waals surface area contributed by atoms with E-state index in [0.29, 0.717) is 13.1 Å². The number of amides is 1. The Labute approximate surface area is 124 Å². The van der Waals surface area contributed by atoms with Crippen LogP contribution in [0.25, 0.3) is 0 Å². The molecule has 1 aromatic carbocycles. The van der Waals surface area contributed by atoms with Gasteiger partial charge in [0.2, 0.25) is 5.91 Å². The lowest BCUT2D eigenvalue weighted by molar-refractivity contribution is -0.127. The first-order valence-electron chi connectivity index (χ1n) is 6.97. The van der Waals surface area contributed by atoms with Crippen LogP contribution >= 0.6 is 12.4 Å². The smallest absolute Gasteiger partial charge is 0.234 e. The number of nitrogens with two attached hydrogens (primary N) is 1. The van der Waals surface area contributed by atoms with E-state index in [0.717, 1.165) is 43.4 Å². The van der Waals surface area contributed by atoms with Crippen molar-refractivity contribution >= 4 is 24.0 Å². The molecule has 0 unspecified atom stereocenters. The number of fused-ring (bicyclic) bond motifs is 1. The molecule has 0 radical (unpaired) electrons. The summed E-state index contributed by atoms with van der Waals surface area (Å²) in [4.78, 5) is 14.5. The fraction of sp³-hybridized carbons (Fsp3) is 0.533. The van der Waals surface area contributed by atoms with Crippen molar-refractivity contribution in [2.45, 2.75) is 32.1 Å². The predicted octanol–water partition coefficient (Wildman–Crippen LogP) is 2.66. The van der Waals surface area contributed by atoms with Gasteiger partial charge in [-0.15, -0.1) is 12.4 Å². The lowest BCUT2D eigenvalue weighted by Crippen LogP contribution is -2.46. The summed E-state index contributed by atoms with van der Waals surface area (Å²) in [5.41, 5.74) is 7.25. The fourth-order valence-corrected chi connectivity index (χ4v) is 3.41. The number of hydrogen-bond acceptors (Lipinski definition) is 2. The molecule has 1 aromatic rings. The Kier molecular flexibility index (Phi) is 4.35. The topological polar surface area (TPSA) is 46.3 Å². The summed E-state index contributed by atoms with van der Waals surface area (Å²) in [5.74, 6) is -0.191. The van der Waals surface area contributed by atoms with Crippen molar-refractivity contribution in [2.24, 2.45) is 11.1 Å². The molecule has 0 saturated heterocycles. The summed E-state index contributed by atoms with van der Waals surface area (Å²) in [6.45, 7) is 1.05. The number of carbonyl (C=O) groups is 1. The van der Waals surface area contributed by atoms with Crippen LogP contribution in [0.5, 0.6) is 0 Å². The zero-order chi connectivity index (χ0) is 13.5. The van der Waals surface area contributed by atoms with E-state index in [1.165, 1.54) is 12.1 Å². The summed E-state index contributed by atoms with van der Waals surface area (Å²) in [7, 11) is 0. The highest BCUT2D eigenvalue weighted by atomic mass is 35.5. The molecule has 1 heterocycles. The van der Waals surface area contributed by atoms with Crippen molar-refractivity contribution in [2.75, 3.05) is 18.0 Å². The second kappa shape index (κ2) is 5.70. The molecule has 0 aromatic heterocycles. The Morgan fingerprint density at radius 3 is 2.70 bits per heavy atom. The van der Waals surface area contributed by atoms with Gasteiger partial charge in [-0.3, -0.25) is 4.79 Å². The Morgan fingerprint density at radius 2 is 2.05 bits per heavy atom. The highest BCUT2D eigenvalue weighted by Gasteiger charge is 2.44. The number of carbonyl (C=O) groups excluding carboxylic acids is 1. The van der Waals surface area contributed by atoms with Gasteiger partial charge in [-0.05, 0) is 37.0 Å². The third-order valence-electron chi connectivity index (χ3n) is 4.59. The van der Waals surface area contributed by atoms with Crippen LogP contribution in [0.3, 0.4) is 0 Å². The van der Waals surface area contributed by atoms with Gasteiger partial charge < -0.3 is 10.6 Å². The lowest BCUT2D eigenvalue weighted by atomic mass is 9.84. The van der Waals surface area contributed by atoms with Crippen LogP contribution in [0.1, 0.15) is 31.2 Å². The monoisotopic (exact) mass is 298 g/mol. The predicted molar refractivity (Wildman–Crippen MR) is 79.7 cm³/mol. The van der Waals surface area contributed by atoms with Gasteiger partial charge in [0.15, 0.2) is 0 Å². The molecule has 1 amide bonds. The third-order valence-corrected chi connectivity index (χ3v) is 4.59. The van der Waals surface area contributed by atoms with Crippen LogP contribution in [0, 0.1) is 11.2 Å². The Morgan fingerprint density at radius 1 is 1.35 bits per heavy atom. The fourth-order valence-electron chi connectivity index (χ4n) is 3.41. The first-order valence-corrected chi connectivity index (χ1v) is 6.97. The molecule has 1 aliphatic heterocycles. The third kappa shape index (κ3) is 2.31. The quantitative estimate of drug-likeness (QED) is 0.912. The second-order valence-electron chi connectivity index (χ2n) is 5.67. The molecule has 20 heavy (non-hydrogen) atoms. The summed E-state index contributed by atoms with van der Waals surface area (Å²) in [6.07, 6.45) is 4.66. The van der Waals surface area contributed by atoms with Gasteiger partial charge in [-0.2, -0.15) is 0 Å². The first-order chi connectivity index (χ1) is 9.16. The minimum atomic E-state index is -0.409. The van der Waals surface area contributed by atoms with Gasteiger partial charge in [0, 0.05) is 18.8 Å². The standard InChI is InChI=1S/C15H19FN2O.ClH/c16-12-4-3-11-5-8-18(13(11)9-12)14(19)15(10-17)6-1-2-7-15;/h3-4,9H,1-2,5-8,10,17H2;1H. The van der Waals surface area contributed by atoms with E-state index < -0.39 is 5.41 Å². The van der Waals surface area contributed by atoms with Crippen LogP contribution < -0.4 is 10.6 Å². The normalized spacial score (nSPS) is 19.6. The minimum Gasteiger partial charge on any atom is -0.329 e. The highest BCUT2D eigenvalue weighted by molar-refractivity contribution is 5.99. The maximum atomic E-state index is 13.4. The van der Waals surface area contributed by atoms with Crippen molar-refractivity contribution in [3.05, 3.63) is 29.6 Å². The molecular weight excluding hydrogens is 279 g/mol. The molecule has 1 saturated carbocycles. The van der Waals surface area contributed by atoms with Gasteiger partial charge in [0.05, 0.1) is 5.41 Å². The van der Waals surface area contributed by atoms with Crippen molar-refractivity contribution in [1.29, 1.82) is 0 Å². The van der Waals surface area contributed by atoms with E-state index in [9.17, 15) is 9.18 Å². The number of rotatable bonds is 2. The molecule has 2 N–H and O–H groups in total. The molecule has 2 aliphatic rings. The summed E-state index contributed by atoms with van der Waals surface area (Å²) >= 11 is 0. The molecular formula is C15H20ClFN2O. The minimum absolute atomic E-state index is 0. The van der Waals surface area contributed by atoms with Crippen molar-refractivity contribution in [3.63, 3.8) is 0 Å². The number of halogens is 2. The van der Waals surface area contributed by atoms with Crippen molar-refractivity contribution in [3.8, 4) is 0 Å². The van der Waals surface area contributed by atoms with E-state index >= 15 is 0 Å². The summed E-state index contributed by atoms with van der Waals surface area (Å²) in [6, 6.07) is 4.71. The van der Waals surface area contributed by atoms with E-state index in [1.54, 1.807) is 11.0 Å². The van der Waals surface area contributed by atoms with Crippen molar-refractivity contribution < 1.29 is 9.18 Å². The number of nitrogens with zero attached hydrogens (tertiary/aromatic N) is 1. The van der Waals surface area contributed by atoms with Crippen LogP contribution in [0.15, 0.2) is 18.2 Å². The second-order valence-corrected chi connectivity index (χ2v) is 5.67. The number of benzene rings is 1. The Balaban J connectivity index is 0.00000147. The van der Waals surface area contributed by atoms with E-state index in [-0.39, 0.29) is 24.1 Å². The zero-order valence-electron chi connectivity index (χ0n) is 11.4. The van der Waals surface area contributed by atoms with Crippen LogP contribution in [-0.4, -0.2) is 19.0 Å². The maximum absolute atomic E-state index is 13.4. The first kappa shape index (κ1) is 15.3. The SMILES string of the molecule is Cl.NCC1(C(=O)N2CCc3ccc(F)cc32)CCCC1. The average Bonchev–Trinajstić information content (AvgIpc) is 3.05. The molecule has 1 fully saturated rings. The summed E-state index contributed by atoms with van der Waals surface area (Å²) in [5, 5.41) is 0. The highest BCUT2D eigenvalue weighted by Crippen LogP contribution is 2.41. The van der Waals surface area contributed by atoms with Gasteiger partial charge in [-0.1, -0.05) is 18.9 Å². The van der Waals surface area contributed by atoms with Gasteiger partial charge in [-0.25, -0.2) is 4.39 Å². The lowest BCUT2D eigenvalue weighted by Gasteiger charge is -2.31. The molecule has 0 bridgehead atoms. The molecule has 0 atom stereocenters. The van der Waals surface area contributed by atoms with Crippen molar-refractivity contribution in [1.82, 2.24) is 0 Å². The Hall–Kier alpha value is -1.13.